The zero-order valence-corrected chi connectivity index (χ0v) is 47.4. The lowest BCUT2D eigenvalue weighted by Gasteiger charge is -2.18. The van der Waals surface area contributed by atoms with Crippen molar-refractivity contribution in [2.45, 2.75) is 303 Å². The van der Waals surface area contributed by atoms with Crippen molar-refractivity contribution in [2.24, 2.45) is 0 Å². The molecular formula is C66H114O6. The molecule has 0 amide bonds. The SMILES string of the molecule is CC/C=C\C/C=C\C/C=C\C/C=C\C/C=C\CCCCCC(=O)OC(COC(=O)CCCCCCC/C=C\C/C=C\CCCC)COC(=O)CCCCCCCCCCCCCCCCCCCCCCC. The van der Waals surface area contributed by atoms with E-state index < -0.39 is 6.10 Å². The maximum Gasteiger partial charge on any atom is 0.306 e. The van der Waals surface area contributed by atoms with Crippen LogP contribution < -0.4 is 0 Å². The number of carbonyl (C=O) groups excluding carboxylic acids is 3. The highest BCUT2D eigenvalue weighted by Crippen LogP contribution is 2.16. The molecule has 0 fully saturated rings. The van der Waals surface area contributed by atoms with E-state index in [2.05, 4.69) is 106 Å². The van der Waals surface area contributed by atoms with Crippen molar-refractivity contribution < 1.29 is 28.6 Å². The fourth-order valence-corrected chi connectivity index (χ4v) is 8.55. The van der Waals surface area contributed by atoms with Crippen molar-refractivity contribution in [3.05, 3.63) is 85.1 Å². The smallest absolute Gasteiger partial charge is 0.306 e. The van der Waals surface area contributed by atoms with E-state index in [9.17, 15) is 14.4 Å². The molecule has 0 bridgehead atoms. The minimum absolute atomic E-state index is 0.0925. The van der Waals surface area contributed by atoms with Crippen LogP contribution in [0.2, 0.25) is 0 Å². The molecule has 1 atom stereocenters. The van der Waals surface area contributed by atoms with E-state index in [1.807, 2.05) is 0 Å². The van der Waals surface area contributed by atoms with E-state index in [1.54, 1.807) is 0 Å². The van der Waals surface area contributed by atoms with E-state index in [1.165, 1.54) is 135 Å². The van der Waals surface area contributed by atoms with Crippen LogP contribution in [0.1, 0.15) is 297 Å². The highest BCUT2D eigenvalue weighted by atomic mass is 16.6. The minimum Gasteiger partial charge on any atom is -0.462 e. The molecule has 0 saturated carbocycles. The molecule has 0 aromatic heterocycles. The summed E-state index contributed by atoms with van der Waals surface area (Å²) in [5, 5.41) is 0. The second kappa shape index (κ2) is 60.1. The maximum absolute atomic E-state index is 12.9. The lowest BCUT2D eigenvalue weighted by Crippen LogP contribution is -2.30. The lowest BCUT2D eigenvalue weighted by molar-refractivity contribution is -0.167. The third-order valence-corrected chi connectivity index (χ3v) is 13.1. The molecule has 1 unspecified atom stereocenters. The van der Waals surface area contributed by atoms with Gasteiger partial charge in [0.2, 0.25) is 0 Å². The Labute approximate surface area is 445 Å². The molecule has 0 N–H and O–H groups in total. The molecule has 6 heteroatoms. The van der Waals surface area contributed by atoms with Crippen molar-refractivity contribution in [2.75, 3.05) is 13.2 Å². The number of ether oxygens (including phenoxy) is 3. The van der Waals surface area contributed by atoms with Gasteiger partial charge < -0.3 is 14.2 Å². The van der Waals surface area contributed by atoms with Crippen LogP contribution in [0, 0.1) is 0 Å². The fourth-order valence-electron chi connectivity index (χ4n) is 8.55. The third-order valence-electron chi connectivity index (χ3n) is 13.1. The predicted octanol–water partition coefficient (Wildman–Crippen LogP) is 20.7. The van der Waals surface area contributed by atoms with Gasteiger partial charge in [-0.3, -0.25) is 14.4 Å². The zero-order chi connectivity index (χ0) is 52.2. The maximum atomic E-state index is 12.9. The largest absolute Gasteiger partial charge is 0.462 e. The number of allylic oxidation sites excluding steroid dienone is 14. The third kappa shape index (κ3) is 57.5. The monoisotopic (exact) mass is 1000 g/mol. The van der Waals surface area contributed by atoms with Crippen molar-refractivity contribution >= 4 is 17.9 Å². The summed E-state index contributed by atoms with van der Waals surface area (Å²) in [5.41, 5.74) is 0. The standard InChI is InChI=1S/C66H114O6/c1-4-7-10-13-16-19-22-25-28-30-32-33-35-36-38-41-44-47-50-53-56-59-65(68)71-62-63(61-70-64(67)58-55-52-49-46-43-40-27-24-21-18-15-12-9-6-3)72-66(69)60-57-54-51-48-45-42-39-37-34-31-29-26-23-20-17-14-11-8-5-2/h8,11,15,17-18,20,24,26-27,29,34,37,42,45,63H,4-7,9-10,12-14,16,19,21-23,25,28,30-33,35-36,38-41,43-44,46-62H2,1-3H3/b11-8-,18-15-,20-17-,27-24-,29-26-,37-34-,45-42-. The molecule has 0 aromatic carbocycles. The first-order valence-corrected chi connectivity index (χ1v) is 30.6. The van der Waals surface area contributed by atoms with Crippen LogP contribution in [0.25, 0.3) is 0 Å². The quantitative estimate of drug-likeness (QED) is 0.0261. The summed E-state index contributed by atoms with van der Waals surface area (Å²) in [6.07, 6.45) is 78.7. The van der Waals surface area contributed by atoms with Crippen LogP contribution in [0.3, 0.4) is 0 Å². The van der Waals surface area contributed by atoms with E-state index in [-0.39, 0.29) is 37.5 Å². The van der Waals surface area contributed by atoms with E-state index >= 15 is 0 Å². The topological polar surface area (TPSA) is 78.9 Å². The van der Waals surface area contributed by atoms with Gasteiger partial charge >= 0.3 is 17.9 Å². The van der Waals surface area contributed by atoms with Gasteiger partial charge in [0, 0.05) is 19.3 Å². The zero-order valence-electron chi connectivity index (χ0n) is 47.4. The van der Waals surface area contributed by atoms with Gasteiger partial charge in [-0.25, -0.2) is 0 Å². The average Bonchev–Trinajstić information content (AvgIpc) is 3.38. The second-order valence-electron chi connectivity index (χ2n) is 20.2. The van der Waals surface area contributed by atoms with Crippen molar-refractivity contribution in [3.8, 4) is 0 Å². The van der Waals surface area contributed by atoms with Gasteiger partial charge in [-0.05, 0) is 89.9 Å². The molecule has 0 saturated heterocycles. The summed E-state index contributed by atoms with van der Waals surface area (Å²) < 4.78 is 16.9. The molecule has 0 aromatic rings. The lowest BCUT2D eigenvalue weighted by atomic mass is 10.0. The van der Waals surface area contributed by atoms with Gasteiger partial charge in [0.25, 0.3) is 0 Å². The summed E-state index contributed by atoms with van der Waals surface area (Å²) in [7, 11) is 0. The molecule has 72 heavy (non-hydrogen) atoms. The van der Waals surface area contributed by atoms with Crippen LogP contribution in [-0.4, -0.2) is 37.2 Å². The second-order valence-corrected chi connectivity index (χ2v) is 20.2. The molecule has 0 aliphatic heterocycles. The Hall–Kier alpha value is -3.41. The molecular weight excluding hydrogens is 889 g/mol. The van der Waals surface area contributed by atoms with Gasteiger partial charge in [0.05, 0.1) is 0 Å². The first kappa shape index (κ1) is 68.6. The van der Waals surface area contributed by atoms with E-state index in [0.29, 0.717) is 12.8 Å². The van der Waals surface area contributed by atoms with Crippen LogP contribution in [0.4, 0.5) is 0 Å². The minimum atomic E-state index is -0.800. The highest BCUT2D eigenvalue weighted by Gasteiger charge is 2.19. The molecule has 0 aliphatic carbocycles. The van der Waals surface area contributed by atoms with Crippen molar-refractivity contribution in [1.29, 1.82) is 0 Å². The fraction of sp³-hybridized carbons (Fsp3) is 0.742. The van der Waals surface area contributed by atoms with Crippen LogP contribution in [0.15, 0.2) is 85.1 Å². The van der Waals surface area contributed by atoms with Gasteiger partial charge in [-0.2, -0.15) is 0 Å². The van der Waals surface area contributed by atoms with Crippen LogP contribution >= 0.6 is 0 Å². The normalized spacial score (nSPS) is 12.7. The number of rotatable bonds is 55. The summed E-state index contributed by atoms with van der Waals surface area (Å²) in [4.78, 5) is 38.2. The average molecular weight is 1000 g/mol. The van der Waals surface area contributed by atoms with Crippen LogP contribution in [-0.2, 0) is 28.6 Å². The van der Waals surface area contributed by atoms with Crippen LogP contribution in [0.5, 0.6) is 0 Å². The van der Waals surface area contributed by atoms with Gasteiger partial charge in [-0.15, -0.1) is 0 Å². The Morgan fingerprint density at radius 1 is 0.292 bits per heavy atom. The Kier molecular flexibility index (Phi) is 57.3. The number of hydrogen-bond donors (Lipinski definition) is 0. The Morgan fingerprint density at radius 2 is 0.556 bits per heavy atom. The number of carbonyl (C=O) groups is 3. The number of hydrogen-bond acceptors (Lipinski definition) is 6. The van der Waals surface area contributed by atoms with Gasteiger partial charge in [0.15, 0.2) is 6.10 Å². The molecule has 414 valence electrons. The highest BCUT2D eigenvalue weighted by molar-refractivity contribution is 5.71. The molecule has 6 nitrogen and oxygen atoms in total. The Balaban J connectivity index is 4.40. The molecule has 0 radical (unpaired) electrons. The first-order chi connectivity index (χ1) is 35.5. The first-order valence-electron chi connectivity index (χ1n) is 30.6. The summed E-state index contributed by atoms with van der Waals surface area (Å²) >= 11 is 0. The number of esters is 3. The van der Waals surface area contributed by atoms with Gasteiger partial charge in [-0.1, -0.05) is 273 Å². The number of unbranched alkanes of at least 4 members (excludes halogenated alkanes) is 30. The van der Waals surface area contributed by atoms with E-state index in [4.69, 9.17) is 14.2 Å². The Bertz CT molecular complexity index is 1380. The van der Waals surface area contributed by atoms with E-state index in [0.717, 1.165) is 122 Å². The summed E-state index contributed by atoms with van der Waals surface area (Å²) in [5.74, 6) is -0.929. The molecule has 0 aliphatic rings. The van der Waals surface area contributed by atoms with Gasteiger partial charge in [0.1, 0.15) is 13.2 Å². The predicted molar refractivity (Wildman–Crippen MR) is 311 cm³/mol. The summed E-state index contributed by atoms with van der Waals surface area (Å²) in [6.45, 7) is 6.48. The Morgan fingerprint density at radius 3 is 0.903 bits per heavy atom. The van der Waals surface area contributed by atoms with Crippen molar-refractivity contribution in [1.82, 2.24) is 0 Å². The molecule has 0 heterocycles. The molecule has 0 rings (SSSR count). The summed E-state index contributed by atoms with van der Waals surface area (Å²) in [6, 6.07) is 0. The van der Waals surface area contributed by atoms with Crippen molar-refractivity contribution in [3.63, 3.8) is 0 Å². The molecule has 0 spiro atoms.